The topological polar surface area (TPSA) is 58.7 Å². The standard InChI is InChI=1S/C9H10ClN3O/c10-8-6-9(14)13(7-12-8)5-3-1-2-4-11/h6-7H,1-3,5H2. The molecule has 1 rings (SSSR count). The number of halogens is 1. The Labute approximate surface area is 86.8 Å². The van der Waals surface area contributed by atoms with Crippen molar-refractivity contribution >= 4 is 11.6 Å². The van der Waals surface area contributed by atoms with Crippen molar-refractivity contribution in [2.45, 2.75) is 25.8 Å². The first-order chi connectivity index (χ1) is 6.74. The van der Waals surface area contributed by atoms with E-state index in [1.54, 1.807) is 0 Å². The number of nitrogens with zero attached hydrogens (tertiary/aromatic N) is 3. The molecule has 0 radical (unpaired) electrons. The zero-order valence-corrected chi connectivity index (χ0v) is 8.37. The predicted molar refractivity (Wildman–Crippen MR) is 53.0 cm³/mol. The Morgan fingerprint density at radius 2 is 2.36 bits per heavy atom. The van der Waals surface area contributed by atoms with E-state index in [0.717, 1.165) is 12.8 Å². The Kier molecular flexibility index (Phi) is 4.14. The molecule has 0 atom stereocenters. The zero-order chi connectivity index (χ0) is 10.4. The molecule has 0 saturated carbocycles. The van der Waals surface area contributed by atoms with Crippen molar-refractivity contribution in [1.29, 1.82) is 5.26 Å². The third kappa shape index (κ3) is 3.19. The molecule has 0 aliphatic carbocycles. The van der Waals surface area contributed by atoms with Gasteiger partial charge in [0.25, 0.3) is 5.56 Å². The van der Waals surface area contributed by atoms with Gasteiger partial charge >= 0.3 is 0 Å². The molecule has 5 heteroatoms. The zero-order valence-electron chi connectivity index (χ0n) is 7.61. The van der Waals surface area contributed by atoms with Crippen molar-refractivity contribution in [3.8, 4) is 6.07 Å². The summed E-state index contributed by atoms with van der Waals surface area (Å²) in [5.74, 6) is 0. The largest absolute Gasteiger partial charge is 0.299 e. The van der Waals surface area contributed by atoms with Crippen LogP contribution in [0.1, 0.15) is 19.3 Å². The number of nitriles is 1. The van der Waals surface area contributed by atoms with Gasteiger partial charge in [-0.25, -0.2) is 4.98 Å². The van der Waals surface area contributed by atoms with Crippen molar-refractivity contribution in [1.82, 2.24) is 9.55 Å². The van der Waals surface area contributed by atoms with Crippen molar-refractivity contribution in [2.75, 3.05) is 0 Å². The molecule has 1 aromatic rings. The van der Waals surface area contributed by atoms with Crippen molar-refractivity contribution in [2.24, 2.45) is 0 Å². The lowest BCUT2D eigenvalue weighted by atomic mass is 10.2. The van der Waals surface area contributed by atoms with Crippen molar-refractivity contribution < 1.29 is 0 Å². The average molecular weight is 212 g/mol. The van der Waals surface area contributed by atoms with Crippen LogP contribution in [0.3, 0.4) is 0 Å². The van der Waals surface area contributed by atoms with E-state index in [-0.39, 0.29) is 10.7 Å². The van der Waals surface area contributed by atoms with Gasteiger partial charge < -0.3 is 0 Å². The molecular formula is C9H10ClN3O. The van der Waals surface area contributed by atoms with Crippen LogP contribution < -0.4 is 5.56 Å². The Morgan fingerprint density at radius 3 is 3.00 bits per heavy atom. The minimum Gasteiger partial charge on any atom is -0.299 e. The number of aryl methyl sites for hydroxylation is 1. The van der Waals surface area contributed by atoms with E-state index in [4.69, 9.17) is 16.9 Å². The van der Waals surface area contributed by atoms with E-state index >= 15 is 0 Å². The van der Waals surface area contributed by atoms with Crippen LogP contribution in [0.15, 0.2) is 17.2 Å². The summed E-state index contributed by atoms with van der Waals surface area (Å²) in [5, 5.41) is 8.52. The molecule has 1 heterocycles. The van der Waals surface area contributed by atoms with Crippen LogP contribution in [0, 0.1) is 11.3 Å². The highest BCUT2D eigenvalue weighted by atomic mass is 35.5. The van der Waals surface area contributed by atoms with Gasteiger partial charge in [0.05, 0.1) is 12.4 Å². The second-order valence-electron chi connectivity index (χ2n) is 2.86. The SMILES string of the molecule is N#CCCCCn1cnc(Cl)cc1=O. The third-order valence-electron chi connectivity index (χ3n) is 1.78. The number of rotatable bonds is 4. The van der Waals surface area contributed by atoms with Gasteiger partial charge in [-0.1, -0.05) is 11.6 Å². The molecule has 0 saturated heterocycles. The van der Waals surface area contributed by atoms with Gasteiger partial charge in [0.15, 0.2) is 0 Å². The van der Waals surface area contributed by atoms with Gasteiger partial charge in [-0.2, -0.15) is 5.26 Å². The highest BCUT2D eigenvalue weighted by Gasteiger charge is 1.97. The maximum atomic E-state index is 11.3. The molecule has 0 bridgehead atoms. The lowest BCUT2D eigenvalue weighted by Gasteiger charge is -2.02. The number of hydrogen-bond acceptors (Lipinski definition) is 3. The van der Waals surface area contributed by atoms with Crippen LogP contribution in [0.2, 0.25) is 5.15 Å². The molecule has 0 aliphatic heterocycles. The molecule has 14 heavy (non-hydrogen) atoms. The number of aromatic nitrogens is 2. The lowest BCUT2D eigenvalue weighted by Crippen LogP contribution is -2.19. The highest BCUT2D eigenvalue weighted by molar-refractivity contribution is 6.29. The predicted octanol–water partition coefficient (Wildman–Crippen LogP) is 1.59. The highest BCUT2D eigenvalue weighted by Crippen LogP contribution is 1.99. The summed E-state index contributed by atoms with van der Waals surface area (Å²) in [6.07, 6.45) is 3.55. The fourth-order valence-electron chi connectivity index (χ4n) is 1.06. The minimum atomic E-state index is -0.151. The summed E-state index contributed by atoms with van der Waals surface area (Å²) >= 11 is 5.53. The van der Waals surface area contributed by atoms with Crippen molar-refractivity contribution in [3.05, 3.63) is 27.9 Å². The summed E-state index contributed by atoms with van der Waals surface area (Å²) in [7, 11) is 0. The van der Waals surface area contributed by atoms with Crippen LogP contribution in [-0.4, -0.2) is 9.55 Å². The Hall–Kier alpha value is -1.34. The quantitative estimate of drug-likeness (QED) is 0.561. The smallest absolute Gasteiger partial charge is 0.254 e. The second kappa shape index (κ2) is 5.40. The monoisotopic (exact) mass is 211 g/mol. The van der Waals surface area contributed by atoms with E-state index in [9.17, 15) is 4.79 Å². The molecule has 0 aliphatic rings. The van der Waals surface area contributed by atoms with E-state index in [1.165, 1.54) is 17.0 Å². The summed E-state index contributed by atoms with van der Waals surface area (Å²) in [4.78, 5) is 15.1. The maximum absolute atomic E-state index is 11.3. The van der Waals surface area contributed by atoms with Gasteiger partial charge in [0.1, 0.15) is 5.15 Å². The number of hydrogen-bond donors (Lipinski definition) is 0. The summed E-state index contributed by atoms with van der Waals surface area (Å²) < 4.78 is 1.49. The molecular weight excluding hydrogens is 202 g/mol. The molecule has 1 aromatic heterocycles. The van der Waals surface area contributed by atoms with E-state index in [0.29, 0.717) is 13.0 Å². The average Bonchev–Trinajstić information content (AvgIpc) is 2.15. The van der Waals surface area contributed by atoms with Crippen LogP contribution in [-0.2, 0) is 6.54 Å². The molecule has 0 fully saturated rings. The van der Waals surface area contributed by atoms with Gasteiger partial charge in [0, 0.05) is 19.0 Å². The minimum absolute atomic E-state index is 0.151. The number of unbranched alkanes of at least 4 members (excludes halogenated alkanes) is 2. The van der Waals surface area contributed by atoms with Gasteiger partial charge in [-0.3, -0.25) is 9.36 Å². The first kappa shape index (κ1) is 10.7. The van der Waals surface area contributed by atoms with E-state index in [2.05, 4.69) is 11.1 Å². The Morgan fingerprint density at radius 1 is 1.57 bits per heavy atom. The Bertz CT molecular complexity index is 394. The molecule has 74 valence electrons. The molecule has 0 N–H and O–H groups in total. The van der Waals surface area contributed by atoms with E-state index in [1.807, 2.05) is 0 Å². The van der Waals surface area contributed by atoms with Crippen LogP contribution >= 0.6 is 11.6 Å². The molecule has 0 unspecified atom stereocenters. The maximum Gasteiger partial charge on any atom is 0.254 e. The second-order valence-corrected chi connectivity index (χ2v) is 3.25. The molecule has 0 amide bonds. The van der Waals surface area contributed by atoms with Crippen molar-refractivity contribution in [3.63, 3.8) is 0 Å². The third-order valence-corrected chi connectivity index (χ3v) is 1.99. The molecule has 0 aromatic carbocycles. The van der Waals surface area contributed by atoms with Gasteiger partial charge in [0.2, 0.25) is 0 Å². The summed E-state index contributed by atoms with van der Waals surface area (Å²) in [5.41, 5.74) is -0.151. The first-order valence-electron chi connectivity index (χ1n) is 4.33. The fraction of sp³-hybridized carbons (Fsp3) is 0.444. The first-order valence-corrected chi connectivity index (χ1v) is 4.71. The van der Waals surface area contributed by atoms with Crippen LogP contribution in [0.5, 0.6) is 0 Å². The summed E-state index contributed by atoms with van der Waals surface area (Å²) in [6.45, 7) is 0.588. The fourth-order valence-corrected chi connectivity index (χ4v) is 1.19. The normalized spacial score (nSPS) is 9.71. The van der Waals surface area contributed by atoms with Gasteiger partial charge in [-0.15, -0.1) is 0 Å². The summed E-state index contributed by atoms with van der Waals surface area (Å²) in [6, 6.07) is 3.34. The van der Waals surface area contributed by atoms with Crippen LogP contribution in [0.4, 0.5) is 0 Å². The van der Waals surface area contributed by atoms with Crippen LogP contribution in [0.25, 0.3) is 0 Å². The molecule has 0 spiro atoms. The van der Waals surface area contributed by atoms with E-state index < -0.39 is 0 Å². The lowest BCUT2D eigenvalue weighted by molar-refractivity contribution is 0.590. The Balaban J connectivity index is 2.52. The molecule has 4 nitrogen and oxygen atoms in total. The van der Waals surface area contributed by atoms with Gasteiger partial charge in [-0.05, 0) is 12.8 Å².